The van der Waals surface area contributed by atoms with Crippen LogP contribution in [0.5, 0.6) is 0 Å². The highest BCUT2D eigenvalue weighted by molar-refractivity contribution is 5.08. The Kier molecular flexibility index (Phi) is 5.45. The van der Waals surface area contributed by atoms with Crippen LogP contribution >= 0.6 is 0 Å². The van der Waals surface area contributed by atoms with E-state index in [9.17, 15) is 5.11 Å². The number of aryl methyl sites for hydroxylation is 2. The van der Waals surface area contributed by atoms with Crippen LogP contribution in [0, 0.1) is 6.92 Å². The maximum Gasteiger partial charge on any atom is 0.0785 e. The zero-order valence-corrected chi connectivity index (χ0v) is 10.2. The average molecular weight is 227 g/mol. The van der Waals surface area contributed by atoms with Crippen molar-refractivity contribution in [2.75, 3.05) is 20.3 Å². The number of rotatable bonds is 7. The van der Waals surface area contributed by atoms with E-state index in [1.807, 2.05) is 18.7 Å². The molecule has 5 nitrogen and oxygen atoms in total. The van der Waals surface area contributed by atoms with Crippen molar-refractivity contribution in [2.45, 2.75) is 26.0 Å². The van der Waals surface area contributed by atoms with E-state index in [0.29, 0.717) is 13.0 Å². The molecule has 16 heavy (non-hydrogen) atoms. The second-order valence-corrected chi connectivity index (χ2v) is 3.98. The monoisotopic (exact) mass is 227 g/mol. The highest BCUT2D eigenvalue weighted by Crippen LogP contribution is 2.01. The van der Waals surface area contributed by atoms with Crippen LogP contribution in [0.2, 0.25) is 0 Å². The van der Waals surface area contributed by atoms with Gasteiger partial charge in [0.15, 0.2) is 0 Å². The highest BCUT2D eigenvalue weighted by Gasteiger charge is 2.04. The minimum atomic E-state index is -0.384. The first-order chi connectivity index (χ1) is 7.63. The van der Waals surface area contributed by atoms with Crippen LogP contribution in [0.25, 0.3) is 0 Å². The first kappa shape index (κ1) is 13.2. The molecule has 0 saturated heterocycles. The molecule has 0 aliphatic rings. The Morgan fingerprint density at radius 2 is 2.38 bits per heavy atom. The van der Waals surface area contributed by atoms with Gasteiger partial charge in [0.25, 0.3) is 0 Å². The van der Waals surface area contributed by atoms with Gasteiger partial charge in [-0.25, -0.2) is 0 Å². The Morgan fingerprint density at radius 3 is 2.94 bits per heavy atom. The molecule has 1 aromatic rings. The highest BCUT2D eigenvalue weighted by atomic mass is 16.5. The number of methoxy groups -OCH3 is 1. The maximum absolute atomic E-state index is 9.42. The minimum Gasteiger partial charge on any atom is -0.391 e. The predicted octanol–water partition coefficient (Wildman–Crippen LogP) is 0.216. The molecule has 1 rings (SSSR count). The Bertz CT molecular complexity index is 312. The molecular weight excluding hydrogens is 206 g/mol. The molecule has 0 aliphatic carbocycles. The van der Waals surface area contributed by atoms with Gasteiger partial charge in [-0.3, -0.25) is 4.68 Å². The summed E-state index contributed by atoms with van der Waals surface area (Å²) in [5, 5.41) is 17.0. The number of aromatic nitrogens is 2. The summed E-state index contributed by atoms with van der Waals surface area (Å²) in [6.07, 6.45) is 0.316. The summed E-state index contributed by atoms with van der Waals surface area (Å²) in [6.45, 7) is 3.92. The Hall–Kier alpha value is -0.910. The molecule has 5 heteroatoms. The van der Waals surface area contributed by atoms with E-state index in [1.54, 1.807) is 7.11 Å². The number of hydrogen-bond acceptors (Lipinski definition) is 4. The summed E-state index contributed by atoms with van der Waals surface area (Å²) in [7, 11) is 3.53. The molecule has 0 fully saturated rings. The van der Waals surface area contributed by atoms with Crippen LogP contribution in [0.3, 0.4) is 0 Å². The lowest BCUT2D eigenvalue weighted by Gasteiger charge is -2.09. The fourth-order valence-electron chi connectivity index (χ4n) is 1.59. The van der Waals surface area contributed by atoms with Crippen molar-refractivity contribution >= 4 is 0 Å². The van der Waals surface area contributed by atoms with E-state index in [2.05, 4.69) is 16.5 Å². The summed E-state index contributed by atoms with van der Waals surface area (Å²) in [5.74, 6) is 0. The number of nitrogens with one attached hydrogen (secondary N) is 1. The molecule has 92 valence electrons. The van der Waals surface area contributed by atoms with Crippen molar-refractivity contribution in [1.29, 1.82) is 0 Å². The first-order valence-electron chi connectivity index (χ1n) is 5.50. The molecule has 0 bridgehead atoms. The third-order valence-electron chi connectivity index (χ3n) is 2.42. The van der Waals surface area contributed by atoms with Gasteiger partial charge in [0.1, 0.15) is 0 Å². The van der Waals surface area contributed by atoms with Crippen molar-refractivity contribution in [3.05, 3.63) is 17.5 Å². The van der Waals surface area contributed by atoms with Gasteiger partial charge >= 0.3 is 0 Å². The smallest absolute Gasteiger partial charge is 0.0785 e. The van der Waals surface area contributed by atoms with Gasteiger partial charge in [-0.15, -0.1) is 0 Å². The van der Waals surface area contributed by atoms with Gasteiger partial charge in [-0.1, -0.05) is 0 Å². The number of ether oxygens (including phenoxy) is 1. The third kappa shape index (κ3) is 4.30. The van der Waals surface area contributed by atoms with Crippen LogP contribution in [-0.2, 0) is 18.3 Å². The van der Waals surface area contributed by atoms with Crippen LogP contribution < -0.4 is 5.32 Å². The molecule has 0 radical (unpaired) electrons. The van der Waals surface area contributed by atoms with Crippen molar-refractivity contribution in [2.24, 2.45) is 7.05 Å². The average Bonchev–Trinajstić information content (AvgIpc) is 2.53. The zero-order chi connectivity index (χ0) is 12.0. The van der Waals surface area contributed by atoms with Gasteiger partial charge in [0.05, 0.1) is 24.1 Å². The first-order valence-corrected chi connectivity index (χ1v) is 5.50. The SMILES string of the molecule is COCC(O)CCNCc1cc(C)nn1C. The van der Waals surface area contributed by atoms with Crippen molar-refractivity contribution < 1.29 is 9.84 Å². The number of aliphatic hydroxyl groups excluding tert-OH is 1. The summed E-state index contributed by atoms with van der Waals surface area (Å²) < 4.78 is 6.72. The fourth-order valence-corrected chi connectivity index (χ4v) is 1.59. The number of aliphatic hydroxyl groups is 1. The predicted molar refractivity (Wildman–Crippen MR) is 62.2 cm³/mol. The molecular formula is C11H21N3O2. The van der Waals surface area contributed by atoms with Gasteiger partial charge in [0, 0.05) is 20.7 Å². The normalized spacial score (nSPS) is 13.0. The van der Waals surface area contributed by atoms with E-state index in [-0.39, 0.29) is 6.10 Å². The molecule has 1 heterocycles. The Balaban J connectivity index is 2.18. The van der Waals surface area contributed by atoms with E-state index in [1.165, 1.54) is 0 Å². The van der Waals surface area contributed by atoms with Crippen LogP contribution in [0.4, 0.5) is 0 Å². The van der Waals surface area contributed by atoms with Gasteiger partial charge in [0.2, 0.25) is 0 Å². The lowest BCUT2D eigenvalue weighted by atomic mass is 10.2. The molecule has 0 amide bonds. The molecule has 0 aromatic carbocycles. The molecule has 1 unspecified atom stereocenters. The molecule has 2 N–H and O–H groups in total. The van der Waals surface area contributed by atoms with Crippen molar-refractivity contribution in [1.82, 2.24) is 15.1 Å². The third-order valence-corrected chi connectivity index (χ3v) is 2.42. The number of hydrogen-bond donors (Lipinski definition) is 2. The molecule has 1 aromatic heterocycles. The van der Waals surface area contributed by atoms with Crippen molar-refractivity contribution in [3.8, 4) is 0 Å². The zero-order valence-electron chi connectivity index (χ0n) is 10.2. The fraction of sp³-hybridized carbons (Fsp3) is 0.727. The van der Waals surface area contributed by atoms with Gasteiger partial charge in [-0.05, 0) is 26.0 Å². The Morgan fingerprint density at radius 1 is 1.62 bits per heavy atom. The van der Waals surface area contributed by atoms with Gasteiger partial charge < -0.3 is 15.2 Å². The lowest BCUT2D eigenvalue weighted by Crippen LogP contribution is -2.23. The largest absolute Gasteiger partial charge is 0.391 e. The second kappa shape index (κ2) is 6.62. The van der Waals surface area contributed by atoms with Crippen LogP contribution in [-0.4, -0.2) is 41.3 Å². The maximum atomic E-state index is 9.42. The van der Waals surface area contributed by atoms with E-state index < -0.39 is 0 Å². The summed E-state index contributed by atoms with van der Waals surface area (Å²) >= 11 is 0. The van der Waals surface area contributed by atoms with E-state index in [4.69, 9.17) is 4.74 Å². The molecule has 0 aliphatic heterocycles. The van der Waals surface area contributed by atoms with E-state index in [0.717, 1.165) is 24.5 Å². The number of nitrogens with zero attached hydrogens (tertiary/aromatic N) is 2. The minimum absolute atomic E-state index is 0.384. The molecule has 0 spiro atoms. The molecule has 0 saturated carbocycles. The summed E-state index contributed by atoms with van der Waals surface area (Å²) in [4.78, 5) is 0. The summed E-state index contributed by atoms with van der Waals surface area (Å²) in [6, 6.07) is 2.05. The second-order valence-electron chi connectivity index (χ2n) is 3.98. The van der Waals surface area contributed by atoms with Crippen LogP contribution in [0.1, 0.15) is 17.8 Å². The van der Waals surface area contributed by atoms with Crippen LogP contribution in [0.15, 0.2) is 6.07 Å². The van der Waals surface area contributed by atoms with Crippen molar-refractivity contribution in [3.63, 3.8) is 0 Å². The standard InChI is InChI=1S/C11H21N3O2/c1-9-6-10(14(2)13-9)7-12-5-4-11(15)8-16-3/h6,11-12,15H,4-5,7-8H2,1-3H3. The topological polar surface area (TPSA) is 59.3 Å². The quantitative estimate of drug-likeness (QED) is 0.654. The lowest BCUT2D eigenvalue weighted by molar-refractivity contribution is 0.0594. The summed E-state index contributed by atoms with van der Waals surface area (Å²) in [5.41, 5.74) is 2.18. The Labute approximate surface area is 96.4 Å². The van der Waals surface area contributed by atoms with E-state index >= 15 is 0 Å². The molecule has 1 atom stereocenters. The van der Waals surface area contributed by atoms with Gasteiger partial charge in [-0.2, -0.15) is 5.10 Å².